The Labute approximate surface area is 109 Å². The summed E-state index contributed by atoms with van der Waals surface area (Å²) in [6.45, 7) is 3.75. The molecule has 1 saturated heterocycles. The van der Waals surface area contributed by atoms with Crippen LogP contribution in [0.1, 0.15) is 19.8 Å². The van der Waals surface area contributed by atoms with E-state index in [9.17, 15) is 4.79 Å². The number of rotatable bonds is 4. The second kappa shape index (κ2) is 5.68. The molecule has 94 valence electrons. The molecule has 7 heteroatoms. The number of nitrogens with zero attached hydrogens (tertiary/aromatic N) is 3. The molecule has 1 amide bonds. The summed E-state index contributed by atoms with van der Waals surface area (Å²) in [7, 11) is 1.81. The van der Waals surface area contributed by atoms with Gasteiger partial charge in [0.15, 0.2) is 4.34 Å². The van der Waals surface area contributed by atoms with E-state index in [1.165, 1.54) is 23.1 Å². The number of aromatic nitrogens is 2. The molecule has 0 spiro atoms. The molecule has 0 aliphatic carbocycles. The van der Waals surface area contributed by atoms with E-state index in [0.29, 0.717) is 0 Å². The van der Waals surface area contributed by atoms with Gasteiger partial charge in [-0.25, -0.2) is 0 Å². The molecule has 1 N–H and O–H groups in total. The van der Waals surface area contributed by atoms with Crippen molar-refractivity contribution in [2.45, 2.75) is 29.4 Å². The molecule has 2 rings (SSSR count). The van der Waals surface area contributed by atoms with Gasteiger partial charge in [-0.2, -0.15) is 0 Å². The van der Waals surface area contributed by atoms with Crippen LogP contribution in [-0.2, 0) is 4.79 Å². The first-order chi connectivity index (χ1) is 8.20. The summed E-state index contributed by atoms with van der Waals surface area (Å²) in [6.07, 6.45) is 2.26. The van der Waals surface area contributed by atoms with Crippen molar-refractivity contribution in [3.05, 3.63) is 0 Å². The van der Waals surface area contributed by atoms with Crippen molar-refractivity contribution in [3.8, 4) is 0 Å². The first-order valence-electron chi connectivity index (χ1n) is 5.67. The van der Waals surface area contributed by atoms with Crippen LogP contribution in [0.5, 0.6) is 0 Å². The van der Waals surface area contributed by atoms with Gasteiger partial charge < -0.3 is 10.2 Å². The number of hydrogen-bond acceptors (Lipinski definition) is 6. The zero-order valence-electron chi connectivity index (χ0n) is 9.97. The van der Waals surface area contributed by atoms with Crippen LogP contribution in [0.3, 0.4) is 0 Å². The van der Waals surface area contributed by atoms with Crippen LogP contribution in [0.25, 0.3) is 0 Å². The third-order valence-corrected chi connectivity index (χ3v) is 4.78. The van der Waals surface area contributed by atoms with Crippen LogP contribution in [0.15, 0.2) is 4.34 Å². The van der Waals surface area contributed by atoms with Crippen molar-refractivity contribution >= 4 is 34.1 Å². The zero-order chi connectivity index (χ0) is 12.3. The molecular formula is C10H16N4OS2. The molecule has 0 aromatic carbocycles. The molecule has 0 unspecified atom stereocenters. The van der Waals surface area contributed by atoms with Crippen LogP contribution in [-0.4, -0.2) is 46.4 Å². The van der Waals surface area contributed by atoms with Crippen molar-refractivity contribution in [2.75, 3.05) is 25.5 Å². The smallest absolute Gasteiger partial charge is 0.235 e. The van der Waals surface area contributed by atoms with Crippen molar-refractivity contribution in [1.82, 2.24) is 15.1 Å². The van der Waals surface area contributed by atoms with Crippen molar-refractivity contribution in [1.29, 1.82) is 0 Å². The maximum atomic E-state index is 12.1. The number of amides is 1. The van der Waals surface area contributed by atoms with Gasteiger partial charge in [0.25, 0.3) is 0 Å². The minimum atomic E-state index is -0.0780. The van der Waals surface area contributed by atoms with Crippen LogP contribution < -0.4 is 5.32 Å². The minimum Gasteiger partial charge on any atom is -0.363 e. The summed E-state index contributed by atoms with van der Waals surface area (Å²) in [5, 5.41) is 11.6. The van der Waals surface area contributed by atoms with E-state index in [-0.39, 0.29) is 11.2 Å². The van der Waals surface area contributed by atoms with Gasteiger partial charge in [0.2, 0.25) is 11.0 Å². The zero-order valence-corrected chi connectivity index (χ0v) is 11.6. The molecule has 17 heavy (non-hydrogen) atoms. The lowest BCUT2D eigenvalue weighted by Gasteiger charge is -2.18. The number of likely N-dealkylation sites (tertiary alicyclic amines) is 1. The van der Waals surface area contributed by atoms with Gasteiger partial charge >= 0.3 is 0 Å². The molecule has 0 radical (unpaired) electrons. The van der Waals surface area contributed by atoms with E-state index < -0.39 is 0 Å². The summed E-state index contributed by atoms with van der Waals surface area (Å²) >= 11 is 2.97. The summed E-state index contributed by atoms with van der Waals surface area (Å²) in [5.41, 5.74) is 0. The third-order valence-electron chi connectivity index (χ3n) is 2.66. The molecule has 0 saturated carbocycles. The van der Waals surface area contributed by atoms with Crippen LogP contribution >= 0.6 is 23.1 Å². The van der Waals surface area contributed by atoms with Crippen LogP contribution in [0.2, 0.25) is 0 Å². The fraction of sp³-hybridized carbons (Fsp3) is 0.700. The maximum absolute atomic E-state index is 12.1. The van der Waals surface area contributed by atoms with E-state index in [1.807, 2.05) is 18.9 Å². The largest absolute Gasteiger partial charge is 0.363 e. The Balaban J connectivity index is 1.91. The Bertz CT molecular complexity index is 389. The predicted octanol–water partition coefficient (Wildman–Crippen LogP) is 1.68. The van der Waals surface area contributed by atoms with Gasteiger partial charge in [-0.1, -0.05) is 23.1 Å². The molecule has 1 aromatic heterocycles. The maximum Gasteiger partial charge on any atom is 0.235 e. The molecule has 2 heterocycles. The van der Waals surface area contributed by atoms with E-state index in [2.05, 4.69) is 15.5 Å². The summed E-state index contributed by atoms with van der Waals surface area (Å²) in [5.74, 6) is 0.216. The van der Waals surface area contributed by atoms with Gasteiger partial charge in [0.05, 0.1) is 5.25 Å². The number of hydrogen-bond donors (Lipinski definition) is 1. The fourth-order valence-corrected chi connectivity index (χ4v) is 3.69. The average molecular weight is 272 g/mol. The molecule has 1 aromatic rings. The van der Waals surface area contributed by atoms with E-state index in [0.717, 1.165) is 35.4 Å². The van der Waals surface area contributed by atoms with Gasteiger partial charge in [0.1, 0.15) is 0 Å². The van der Waals surface area contributed by atoms with Crippen LogP contribution in [0, 0.1) is 0 Å². The van der Waals surface area contributed by atoms with Crippen molar-refractivity contribution in [2.24, 2.45) is 0 Å². The molecule has 1 fully saturated rings. The fourth-order valence-electron chi connectivity index (χ4n) is 1.75. The molecule has 5 nitrogen and oxygen atoms in total. The monoisotopic (exact) mass is 272 g/mol. The Morgan fingerprint density at radius 1 is 1.47 bits per heavy atom. The van der Waals surface area contributed by atoms with Gasteiger partial charge in [-0.15, -0.1) is 10.2 Å². The first kappa shape index (κ1) is 12.6. The molecular weight excluding hydrogens is 256 g/mol. The highest BCUT2D eigenvalue weighted by molar-refractivity contribution is 8.02. The summed E-state index contributed by atoms with van der Waals surface area (Å²) < 4.78 is 0.842. The molecule has 1 atom stereocenters. The molecule has 0 bridgehead atoms. The lowest BCUT2D eigenvalue weighted by Crippen LogP contribution is -2.33. The Morgan fingerprint density at radius 3 is 2.76 bits per heavy atom. The van der Waals surface area contributed by atoms with Gasteiger partial charge in [-0.05, 0) is 19.8 Å². The highest BCUT2D eigenvalue weighted by Gasteiger charge is 2.24. The number of carbonyl (C=O) groups excluding carboxylic acids is 1. The lowest BCUT2D eigenvalue weighted by molar-refractivity contribution is -0.129. The highest BCUT2D eigenvalue weighted by Crippen LogP contribution is 2.29. The van der Waals surface area contributed by atoms with Crippen LogP contribution in [0.4, 0.5) is 5.13 Å². The number of nitrogens with one attached hydrogen (secondary N) is 1. The predicted molar refractivity (Wildman–Crippen MR) is 70.6 cm³/mol. The van der Waals surface area contributed by atoms with Crippen molar-refractivity contribution in [3.63, 3.8) is 0 Å². The Hall–Kier alpha value is -0.820. The second-order valence-corrected chi connectivity index (χ2v) is 6.48. The average Bonchev–Trinajstić information content (AvgIpc) is 2.98. The minimum absolute atomic E-state index is 0.0780. The first-order valence-corrected chi connectivity index (χ1v) is 7.37. The van der Waals surface area contributed by atoms with Gasteiger partial charge in [0, 0.05) is 20.1 Å². The number of carbonyl (C=O) groups is 1. The van der Waals surface area contributed by atoms with Crippen molar-refractivity contribution < 1.29 is 4.79 Å². The molecule has 1 aliphatic rings. The topological polar surface area (TPSA) is 58.1 Å². The summed E-state index contributed by atoms with van der Waals surface area (Å²) in [6, 6.07) is 0. The Morgan fingerprint density at radius 2 is 2.18 bits per heavy atom. The van der Waals surface area contributed by atoms with E-state index >= 15 is 0 Å². The van der Waals surface area contributed by atoms with E-state index in [1.54, 1.807) is 0 Å². The van der Waals surface area contributed by atoms with Gasteiger partial charge in [-0.3, -0.25) is 4.79 Å². The SMILES string of the molecule is CNc1nnc(S[C@H](C)C(=O)N2CCCC2)s1. The normalized spacial score (nSPS) is 17.2. The standard InChI is InChI=1S/C10H16N4OS2/c1-7(8(15)14-5-3-4-6-14)16-10-13-12-9(11-2)17-10/h7H,3-6H2,1-2H3,(H,11,12)/t7-/m1/s1. The molecule has 1 aliphatic heterocycles. The quantitative estimate of drug-likeness (QED) is 0.845. The number of anilines is 1. The highest BCUT2D eigenvalue weighted by atomic mass is 32.2. The second-order valence-electron chi connectivity index (χ2n) is 3.92. The lowest BCUT2D eigenvalue weighted by atomic mass is 10.4. The van der Waals surface area contributed by atoms with E-state index in [4.69, 9.17) is 0 Å². The number of thioether (sulfide) groups is 1. The Kier molecular flexibility index (Phi) is 4.22. The third kappa shape index (κ3) is 3.10. The summed E-state index contributed by atoms with van der Waals surface area (Å²) in [4.78, 5) is 14.0.